The van der Waals surface area contributed by atoms with Crippen molar-refractivity contribution in [3.8, 4) is 0 Å². The van der Waals surface area contributed by atoms with Gasteiger partial charge in [-0.1, -0.05) is 26.7 Å². The third-order valence-electron chi connectivity index (χ3n) is 2.29. The molecule has 15 heavy (non-hydrogen) atoms. The summed E-state index contributed by atoms with van der Waals surface area (Å²) in [6.07, 6.45) is 2.07. The number of aliphatic hydroxyl groups excluding tert-OH is 1. The summed E-state index contributed by atoms with van der Waals surface area (Å²) in [6.45, 7) is 3.64. The number of hydrogen-bond donors (Lipinski definition) is 1. The minimum atomic E-state index is -4.25. The molecule has 0 spiro atoms. The normalized spacial score (nSPS) is 15.5. The molecule has 86 valence electrons. The van der Waals surface area contributed by atoms with Gasteiger partial charge in [-0.3, -0.25) is 0 Å². The summed E-state index contributed by atoms with van der Waals surface area (Å²) in [4.78, 5) is 0. The molecule has 2 atom stereocenters. The van der Waals surface area contributed by atoms with Crippen LogP contribution < -0.4 is 51.4 Å². The summed E-state index contributed by atoms with van der Waals surface area (Å²) in [7, 11) is -4.25. The zero-order chi connectivity index (χ0) is 11.2. The van der Waals surface area contributed by atoms with Gasteiger partial charge in [-0.05, 0) is 19.3 Å². The molecule has 0 aliphatic carbocycles. The first kappa shape index (κ1) is 18.9. The van der Waals surface area contributed by atoms with E-state index in [1.54, 1.807) is 6.92 Å². The van der Waals surface area contributed by atoms with Crippen molar-refractivity contribution in [2.75, 3.05) is 0 Å². The first-order chi connectivity index (χ1) is 6.41. The second kappa shape index (κ2) is 9.53. The van der Waals surface area contributed by atoms with E-state index in [2.05, 4.69) is 0 Å². The van der Waals surface area contributed by atoms with E-state index >= 15 is 0 Å². The Morgan fingerprint density at radius 1 is 1.33 bits per heavy atom. The Morgan fingerprint density at radius 2 is 1.87 bits per heavy atom. The fourth-order valence-corrected chi connectivity index (χ4v) is 2.22. The average Bonchev–Trinajstić information content (AvgIpc) is 2.08. The van der Waals surface area contributed by atoms with Gasteiger partial charge in [0.25, 0.3) is 0 Å². The Bertz CT molecular complexity index is 240. The summed E-state index contributed by atoms with van der Waals surface area (Å²) in [6, 6.07) is 0. The van der Waals surface area contributed by atoms with E-state index in [-0.39, 0.29) is 64.2 Å². The van der Waals surface area contributed by atoms with Gasteiger partial charge in [-0.15, -0.1) is 0 Å². The summed E-state index contributed by atoms with van der Waals surface area (Å²) in [5.41, 5.74) is 0. The van der Waals surface area contributed by atoms with E-state index in [0.29, 0.717) is 6.42 Å². The van der Waals surface area contributed by atoms with Gasteiger partial charge in [0.15, 0.2) is 0 Å². The largest absolute Gasteiger partial charge is 1.00 e. The standard InChI is InChI=1S/C9H20O4S.K/c1-3-5-6-8(10)7-9(4-2)14(11,12)13;/h8-10H,3-7H2,1-2H3,(H,11,12,13);/q;+1/p-1. The molecule has 0 aliphatic heterocycles. The predicted molar refractivity (Wildman–Crippen MR) is 53.9 cm³/mol. The molecular weight excluding hydrogens is 243 g/mol. The predicted octanol–water partition coefficient (Wildman–Crippen LogP) is -1.74. The van der Waals surface area contributed by atoms with Crippen LogP contribution in [-0.4, -0.2) is 29.4 Å². The molecule has 0 aliphatic rings. The van der Waals surface area contributed by atoms with Crippen LogP contribution in [0.25, 0.3) is 0 Å². The first-order valence-electron chi connectivity index (χ1n) is 5.04. The van der Waals surface area contributed by atoms with Crippen LogP contribution >= 0.6 is 0 Å². The molecule has 4 nitrogen and oxygen atoms in total. The van der Waals surface area contributed by atoms with Gasteiger partial charge in [-0.25, -0.2) is 8.42 Å². The summed E-state index contributed by atoms with van der Waals surface area (Å²) in [5.74, 6) is 0. The molecule has 0 fully saturated rings. The molecule has 0 radical (unpaired) electrons. The van der Waals surface area contributed by atoms with Crippen LogP contribution in [0.1, 0.15) is 46.0 Å². The Morgan fingerprint density at radius 3 is 2.20 bits per heavy atom. The van der Waals surface area contributed by atoms with Gasteiger partial charge in [-0.2, -0.15) is 0 Å². The Hall–Kier alpha value is 1.51. The molecule has 2 unspecified atom stereocenters. The molecule has 1 N–H and O–H groups in total. The van der Waals surface area contributed by atoms with E-state index < -0.39 is 21.5 Å². The fraction of sp³-hybridized carbons (Fsp3) is 1.00. The number of rotatable bonds is 7. The van der Waals surface area contributed by atoms with Gasteiger partial charge in [0, 0.05) is 0 Å². The second-order valence-electron chi connectivity index (χ2n) is 3.55. The average molecular weight is 262 g/mol. The zero-order valence-corrected chi connectivity index (χ0v) is 13.7. The van der Waals surface area contributed by atoms with E-state index in [1.807, 2.05) is 6.92 Å². The van der Waals surface area contributed by atoms with Crippen molar-refractivity contribution in [1.82, 2.24) is 0 Å². The monoisotopic (exact) mass is 262 g/mol. The molecule has 0 rings (SSSR count). The van der Waals surface area contributed by atoms with Crippen LogP contribution in [-0.2, 0) is 10.1 Å². The third-order valence-corrected chi connectivity index (χ3v) is 3.63. The quantitative estimate of drug-likeness (QED) is 0.436. The Balaban J connectivity index is 0. The number of unbranched alkanes of at least 4 members (excludes halogenated alkanes) is 1. The number of aliphatic hydroxyl groups is 1. The summed E-state index contributed by atoms with van der Waals surface area (Å²) < 4.78 is 32.1. The fourth-order valence-electron chi connectivity index (χ4n) is 1.35. The van der Waals surface area contributed by atoms with Crippen LogP contribution in [0.15, 0.2) is 0 Å². The Labute approximate surface area is 135 Å². The molecule has 0 amide bonds. The van der Waals surface area contributed by atoms with E-state index in [0.717, 1.165) is 12.8 Å². The minimum Gasteiger partial charge on any atom is -0.748 e. The topological polar surface area (TPSA) is 77.4 Å². The van der Waals surface area contributed by atoms with Crippen LogP contribution in [0.5, 0.6) is 0 Å². The maximum Gasteiger partial charge on any atom is 1.00 e. The third kappa shape index (κ3) is 9.23. The van der Waals surface area contributed by atoms with Gasteiger partial charge in [0.2, 0.25) is 0 Å². The molecule has 6 heteroatoms. The van der Waals surface area contributed by atoms with Gasteiger partial charge >= 0.3 is 51.4 Å². The molecule has 0 saturated heterocycles. The molecule has 0 bridgehead atoms. The van der Waals surface area contributed by atoms with Crippen molar-refractivity contribution < 1.29 is 69.5 Å². The van der Waals surface area contributed by atoms with Crippen LogP contribution in [0.2, 0.25) is 0 Å². The molecule has 0 aromatic rings. The summed E-state index contributed by atoms with van der Waals surface area (Å²) >= 11 is 0. The van der Waals surface area contributed by atoms with E-state index in [1.165, 1.54) is 0 Å². The van der Waals surface area contributed by atoms with Gasteiger partial charge in [0.1, 0.15) is 0 Å². The molecule has 0 heterocycles. The van der Waals surface area contributed by atoms with Crippen molar-refractivity contribution in [1.29, 1.82) is 0 Å². The van der Waals surface area contributed by atoms with Gasteiger partial charge < -0.3 is 9.66 Å². The summed E-state index contributed by atoms with van der Waals surface area (Å²) in [5, 5.41) is 8.51. The second-order valence-corrected chi connectivity index (χ2v) is 5.21. The smallest absolute Gasteiger partial charge is 0.748 e. The molecular formula is C9H19KO4S. The SMILES string of the molecule is CCCCC(O)CC(CC)S(=O)(=O)[O-].[K+]. The van der Waals surface area contributed by atoms with E-state index in [9.17, 15) is 18.1 Å². The number of hydrogen-bond acceptors (Lipinski definition) is 4. The minimum absolute atomic E-state index is 0. The van der Waals surface area contributed by atoms with E-state index in [4.69, 9.17) is 0 Å². The van der Waals surface area contributed by atoms with Crippen molar-refractivity contribution in [3.63, 3.8) is 0 Å². The van der Waals surface area contributed by atoms with Crippen molar-refractivity contribution in [2.24, 2.45) is 0 Å². The first-order valence-corrected chi connectivity index (χ1v) is 6.51. The van der Waals surface area contributed by atoms with Crippen molar-refractivity contribution in [3.05, 3.63) is 0 Å². The maximum absolute atomic E-state index is 10.7. The van der Waals surface area contributed by atoms with Crippen molar-refractivity contribution in [2.45, 2.75) is 57.3 Å². The zero-order valence-electron chi connectivity index (χ0n) is 9.77. The molecule has 0 saturated carbocycles. The van der Waals surface area contributed by atoms with Gasteiger partial charge in [0.05, 0.1) is 21.5 Å². The molecule has 0 aromatic carbocycles. The van der Waals surface area contributed by atoms with Crippen LogP contribution in [0, 0.1) is 0 Å². The maximum atomic E-state index is 10.7. The van der Waals surface area contributed by atoms with Crippen LogP contribution in [0.3, 0.4) is 0 Å². The molecule has 0 aromatic heterocycles. The van der Waals surface area contributed by atoms with Crippen LogP contribution in [0.4, 0.5) is 0 Å². The Kier molecular flexibility index (Phi) is 12.0. The van der Waals surface area contributed by atoms with Crippen molar-refractivity contribution >= 4 is 10.1 Å².